The maximum Gasteiger partial charge on any atom is 0.124 e. The van der Waals surface area contributed by atoms with Crippen LogP contribution in [-0.2, 0) is 0 Å². The number of halogens is 1. The van der Waals surface area contributed by atoms with Crippen molar-refractivity contribution >= 4 is 11.6 Å². The molecule has 1 aromatic carbocycles. The second-order valence-corrected chi connectivity index (χ2v) is 5.90. The zero-order valence-electron chi connectivity index (χ0n) is 10.8. The molecule has 0 spiro atoms. The fourth-order valence-corrected chi connectivity index (χ4v) is 3.54. The van der Waals surface area contributed by atoms with Crippen molar-refractivity contribution in [1.82, 2.24) is 5.32 Å². The largest absolute Gasteiger partial charge is 0.490 e. The van der Waals surface area contributed by atoms with Crippen LogP contribution >= 0.6 is 11.6 Å². The van der Waals surface area contributed by atoms with Gasteiger partial charge in [0.25, 0.3) is 0 Å². The third kappa shape index (κ3) is 2.24. The quantitative estimate of drug-likeness (QED) is 0.875. The van der Waals surface area contributed by atoms with E-state index in [0.717, 1.165) is 23.1 Å². The van der Waals surface area contributed by atoms with Crippen molar-refractivity contribution in [2.24, 2.45) is 5.92 Å². The van der Waals surface area contributed by atoms with E-state index in [-0.39, 0.29) is 0 Å². The Bertz CT molecular complexity index is 429. The molecule has 3 heteroatoms. The highest BCUT2D eigenvalue weighted by atomic mass is 35.5. The Morgan fingerprint density at radius 3 is 2.78 bits per heavy atom. The number of ether oxygens (including phenoxy) is 1. The number of rotatable bonds is 2. The summed E-state index contributed by atoms with van der Waals surface area (Å²) in [5, 5.41) is 4.19. The van der Waals surface area contributed by atoms with E-state index in [1.54, 1.807) is 0 Å². The van der Waals surface area contributed by atoms with Crippen LogP contribution in [0.3, 0.4) is 0 Å². The van der Waals surface area contributed by atoms with Crippen LogP contribution < -0.4 is 10.1 Å². The first-order valence-electron chi connectivity index (χ1n) is 6.91. The average Bonchev–Trinajstić information content (AvgIpc) is 2.91. The summed E-state index contributed by atoms with van der Waals surface area (Å²) in [4.78, 5) is 0. The summed E-state index contributed by atoms with van der Waals surface area (Å²) >= 11 is 6.08. The molecule has 1 fully saturated rings. The molecule has 0 radical (unpaired) electrons. The number of nitrogens with one attached hydrogen (secondary N) is 1. The summed E-state index contributed by atoms with van der Waals surface area (Å²) in [6.45, 7) is 0. The van der Waals surface area contributed by atoms with E-state index in [9.17, 15) is 0 Å². The molecule has 0 amide bonds. The molecule has 2 unspecified atom stereocenters. The summed E-state index contributed by atoms with van der Waals surface area (Å²) < 4.78 is 6.20. The highest BCUT2D eigenvalue weighted by Gasteiger charge is 2.34. The van der Waals surface area contributed by atoms with Gasteiger partial charge in [-0.3, -0.25) is 0 Å². The van der Waals surface area contributed by atoms with Crippen LogP contribution in [0.2, 0.25) is 5.02 Å². The van der Waals surface area contributed by atoms with E-state index >= 15 is 0 Å². The van der Waals surface area contributed by atoms with Gasteiger partial charge >= 0.3 is 0 Å². The number of benzene rings is 1. The molecular formula is C15H20ClNO. The molecule has 1 aliphatic heterocycles. The van der Waals surface area contributed by atoms with Crippen LogP contribution in [-0.4, -0.2) is 13.2 Å². The van der Waals surface area contributed by atoms with E-state index in [1.165, 1.54) is 31.2 Å². The molecule has 1 aliphatic carbocycles. The first kappa shape index (κ1) is 12.3. The number of hydrogen-bond acceptors (Lipinski definition) is 2. The SMILES string of the molecule is CNC1CC(C2CCCC2)Oc2ccc(Cl)cc21. The van der Waals surface area contributed by atoms with E-state index < -0.39 is 0 Å². The Morgan fingerprint density at radius 1 is 1.28 bits per heavy atom. The molecule has 0 saturated heterocycles. The van der Waals surface area contributed by atoms with Crippen LogP contribution in [0.4, 0.5) is 0 Å². The van der Waals surface area contributed by atoms with E-state index in [2.05, 4.69) is 5.32 Å². The van der Waals surface area contributed by atoms with Gasteiger partial charge in [0.15, 0.2) is 0 Å². The lowest BCUT2D eigenvalue weighted by Crippen LogP contribution is -2.35. The van der Waals surface area contributed by atoms with Gasteiger partial charge in [0.05, 0.1) is 0 Å². The van der Waals surface area contributed by atoms with Crippen molar-refractivity contribution in [2.75, 3.05) is 7.05 Å². The van der Waals surface area contributed by atoms with Crippen LogP contribution in [0.5, 0.6) is 5.75 Å². The topological polar surface area (TPSA) is 21.3 Å². The summed E-state index contributed by atoms with van der Waals surface area (Å²) in [6.07, 6.45) is 6.81. The lowest BCUT2D eigenvalue weighted by atomic mass is 9.89. The van der Waals surface area contributed by atoms with Crippen LogP contribution in [0.1, 0.15) is 43.7 Å². The predicted molar refractivity (Wildman–Crippen MR) is 74.2 cm³/mol. The van der Waals surface area contributed by atoms with Gasteiger partial charge in [-0.15, -0.1) is 0 Å². The molecule has 1 heterocycles. The molecule has 1 aromatic rings. The van der Waals surface area contributed by atoms with E-state index in [4.69, 9.17) is 16.3 Å². The minimum absolute atomic E-state index is 0.373. The summed E-state index contributed by atoms with van der Waals surface area (Å²) in [7, 11) is 2.02. The molecule has 0 aromatic heterocycles. The zero-order chi connectivity index (χ0) is 12.5. The normalized spacial score (nSPS) is 27.9. The Kier molecular flexibility index (Phi) is 3.49. The van der Waals surface area contributed by atoms with Gasteiger partial charge in [0.2, 0.25) is 0 Å². The lowest BCUT2D eigenvalue weighted by Gasteiger charge is -2.35. The Hall–Kier alpha value is -0.730. The van der Waals surface area contributed by atoms with Gasteiger partial charge in [0.1, 0.15) is 11.9 Å². The molecule has 2 nitrogen and oxygen atoms in total. The maximum atomic E-state index is 6.20. The zero-order valence-corrected chi connectivity index (χ0v) is 11.5. The first-order chi connectivity index (χ1) is 8.78. The molecule has 18 heavy (non-hydrogen) atoms. The average molecular weight is 266 g/mol. The second kappa shape index (κ2) is 5.10. The van der Waals surface area contributed by atoms with Crippen molar-refractivity contribution in [3.05, 3.63) is 28.8 Å². The van der Waals surface area contributed by atoms with Crippen molar-refractivity contribution in [3.8, 4) is 5.75 Å². The Labute approximate surface area is 114 Å². The molecule has 1 saturated carbocycles. The molecule has 2 aliphatic rings. The summed E-state index contributed by atoms with van der Waals surface area (Å²) in [6, 6.07) is 6.34. The predicted octanol–water partition coefficient (Wildman–Crippen LogP) is 3.94. The monoisotopic (exact) mass is 265 g/mol. The Morgan fingerprint density at radius 2 is 2.06 bits per heavy atom. The third-order valence-corrected chi connectivity index (χ3v) is 4.60. The summed E-state index contributed by atoms with van der Waals surface area (Å²) in [5.74, 6) is 1.76. The van der Waals surface area contributed by atoms with Gasteiger partial charge in [-0.05, 0) is 44.0 Å². The third-order valence-electron chi connectivity index (χ3n) is 4.37. The minimum atomic E-state index is 0.373. The van der Waals surface area contributed by atoms with Crippen molar-refractivity contribution < 1.29 is 4.74 Å². The lowest BCUT2D eigenvalue weighted by molar-refractivity contribution is 0.0962. The maximum absolute atomic E-state index is 6.20. The summed E-state index contributed by atoms with van der Waals surface area (Å²) in [5.41, 5.74) is 1.21. The highest BCUT2D eigenvalue weighted by Crippen LogP contribution is 2.41. The highest BCUT2D eigenvalue weighted by molar-refractivity contribution is 6.30. The van der Waals surface area contributed by atoms with Crippen molar-refractivity contribution in [3.63, 3.8) is 0 Å². The van der Waals surface area contributed by atoms with Crippen molar-refractivity contribution in [1.29, 1.82) is 0 Å². The fraction of sp³-hybridized carbons (Fsp3) is 0.600. The van der Waals surface area contributed by atoms with E-state index in [0.29, 0.717) is 12.1 Å². The van der Waals surface area contributed by atoms with Crippen LogP contribution in [0, 0.1) is 5.92 Å². The molecule has 1 N–H and O–H groups in total. The van der Waals surface area contributed by atoms with Gasteiger partial charge in [0, 0.05) is 23.0 Å². The van der Waals surface area contributed by atoms with Crippen LogP contribution in [0.25, 0.3) is 0 Å². The van der Waals surface area contributed by atoms with Crippen molar-refractivity contribution in [2.45, 2.75) is 44.2 Å². The van der Waals surface area contributed by atoms with E-state index in [1.807, 2.05) is 25.2 Å². The minimum Gasteiger partial charge on any atom is -0.490 e. The Balaban J connectivity index is 1.86. The second-order valence-electron chi connectivity index (χ2n) is 5.46. The van der Waals surface area contributed by atoms with Gasteiger partial charge in [-0.25, -0.2) is 0 Å². The van der Waals surface area contributed by atoms with Crippen LogP contribution in [0.15, 0.2) is 18.2 Å². The fourth-order valence-electron chi connectivity index (χ4n) is 3.36. The molecular weight excluding hydrogens is 246 g/mol. The van der Waals surface area contributed by atoms with Gasteiger partial charge < -0.3 is 10.1 Å². The number of fused-ring (bicyclic) bond motifs is 1. The smallest absolute Gasteiger partial charge is 0.124 e. The molecule has 2 atom stereocenters. The molecule has 0 bridgehead atoms. The standard InChI is InChI=1S/C15H20ClNO/c1-17-13-9-15(10-4-2-3-5-10)18-14-7-6-11(16)8-12(13)14/h6-8,10,13,15,17H,2-5,9H2,1H3. The van der Waals surface area contributed by atoms with Gasteiger partial charge in [-0.2, -0.15) is 0 Å². The first-order valence-corrected chi connectivity index (χ1v) is 7.29. The molecule has 3 rings (SSSR count). The molecule has 98 valence electrons. The van der Waals surface area contributed by atoms with Gasteiger partial charge in [-0.1, -0.05) is 24.4 Å². The number of hydrogen-bond donors (Lipinski definition) is 1.